The van der Waals surface area contributed by atoms with Gasteiger partial charge in [0.25, 0.3) is 5.91 Å². The number of hydrogen-bond acceptors (Lipinski definition) is 4. The highest BCUT2D eigenvalue weighted by Gasteiger charge is 2.20. The largest absolute Gasteiger partial charge is 0.398 e. The second kappa shape index (κ2) is 6.45. The second-order valence-corrected chi connectivity index (χ2v) is 6.07. The highest BCUT2D eigenvalue weighted by molar-refractivity contribution is 9.10. The third-order valence-electron chi connectivity index (χ3n) is 2.34. The lowest BCUT2D eigenvalue weighted by atomic mass is 10.1. The average molecular weight is 333 g/mol. The van der Waals surface area contributed by atoms with Crippen molar-refractivity contribution >= 4 is 39.3 Å². The Morgan fingerprint density at radius 1 is 1.61 bits per heavy atom. The Morgan fingerprint density at radius 2 is 2.28 bits per heavy atom. The molecule has 1 amide bonds. The van der Waals surface area contributed by atoms with E-state index in [1.54, 1.807) is 25.1 Å². The minimum Gasteiger partial charge on any atom is -0.398 e. The number of rotatable bonds is 5. The van der Waals surface area contributed by atoms with Crippen molar-refractivity contribution < 1.29 is 9.90 Å². The molecule has 1 unspecified atom stereocenters. The highest BCUT2D eigenvalue weighted by Crippen LogP contribution is 2.20. The molecular formula is C12H17BrN2O2S. The lowest BCUT2D eigenvalue weighted by molar-refractivity contribution is 0.0725. The third kappa shape index (κ3) is 4.51. The van der Waals surface area contributed by atoms with Gasteiger partial charge in [-0.05, 0) is 47.3 Å². The number of nitrogens with two attached hydrogens (primary N) is 1. The first-order valence-corrected chi connectivity index (χ1v) is 7.59. The van der Waals surface area contributed by atoms with Gasteiger partial charge in [0.1, 0.15) is 0 Å². The molecule has 18 heavy (non-hydrogen) atoms. The maximum Gasteiger partial charge on any atom is 0.251 e. The summed E-state index contributed by atoms with van der Waals surface area (Å²) >= 11 is 4.80. The topological polar surface area (TPSA) is 75.3 Å². The van der Waals surface area contributed by atoms with Gasteiger partial charge in [-0.15, -0.1) is 0 Å². The van der Waals surface area contributed by atoms with Crippen LogP contribution in [0, 0.1) is 0 Å². The minimum atomic E-state index is -0.907. The van der Waals surface area contributed by atoms with Crippen LogP contribution in [0.1, 0.15) is 17.3 Å². The Hall–Kier alpha value is -0.720. The van der Waals surface area contributed by atoms with Crippen molar-refractivity contribution in [3.63, 3.8) is 0 Å². The molecule has 4 nitrogen and oxygen atoms in total. The van der Waals surface area contributed by atoms with E-state index in [0.717, 1.165) is 4.47 Å². The van der Waals surface area contributed by atoms with Crippen LogP contribution in [-0.2, 0) is 0 Å². The molecule has 1 atom stereocenters. The molecule has 0 fully saturated rings. The van der Waals surface area contributed by atoms with Crippen LogP contribution in [-0.4, -0.2) is 35.2 Å². The van der Waals surface area contributed by atoms with Gasteiger partial charge >= 0.3 is 0 Å². The molecule has 0 saturated carbocycles. The SMILES string of the molecule is CSCC(C)(O)CNC(=O)c1ccc(Br)c(N)c1. The maximum absolute atomic E-state index is 11.9. The molecule has 4 N–H and O–H groups in total. The quantitative estimate of drug-likeness (QED) is 0.719. The zero-order valence-electron chi connectivity index (χ0n) is 10.4. The van der Waals surface area contributed by atoms with Crippen LogP contribution in [0.5, 0.6) is 0 Å². The number of nitrogens with one attached hydrogen (secondary N) is 1. The van der Waals surface area contributed by atoms with Gasteiger partial charge in [0.15, 0.2) is 0 Å². The Kier molecular flexibility index (Phi) is 5.49. The highest BCUT2D eigenvalue weighted by atomic mass is 79.9. The lowest BCUT2D eigenvalue weighted by Crippen LogP contribution is -2.42. The number of aliphatic hydroxyl groups is 1. The number of anilines is 1. The summed E-state index contributed by atoms with van der Waals surface area (Å²) in [7, 11) is 0. The second-order valence-electron chi connectivity index (χ2n) is 4.35. The maximum atomic E-state index is 11.9. The van der Waals surface area contributed by atoms with Crippen LogP contribution < -0.4 is 11.1 Å². The Labute approximate surface area is 119 Å². The van der Waals surface area contributed by atoms with Gasteiger partial charge in [0.2, 0.25) is 0 Å². The summed E-state index contributed by atoms with van der Waals surface area (Å²) in [6, 6.07) is 5.01. The predicted molar refractivity (Wildman–Crippen MR) is 79.9 cm³/mol. The number of halogens is 1. The summed E-state index contributed by atoms with van der Waals surface area (Å²) in [5.41, 5.74) is 5.80. The van der Waals surface area contributed by atoms with Crippen LogP contribution in [0.2, 0.25) is 0 Å². The summed E-state index contributed by atoms with van der Waals surface area (Å²) in [5.74, 6) is 0.325. The van der Waals surface area contributed by atoms with Crippen LogP contribution >= 0.6 is 27.7 Å². The van der Waals surface area contributed by atoms with Crippen molar-refractivity contribution in [2.24, 2.45) is 0 Å². The molecular weight excluding hydrogens is 316 g/mol. The van der Waals surface area contributed by atoms with Crippen molar-refractivity contribution in [2.45, 2.75) is 12.5 Å². The molecule has 0 heterocycles. The average Bonchev–Trinajstić information content (AvgIpc) is 2.30. The number of hydrogen-bond donors (Lipinski definition) is 3. The molecule has 6 heteroatoms. The van der Waals surface area contributed by atoms with Gasteiger partial charge < -0.3 is 16.2 Å². The Balaban J connectivity index is 2.63. The fourth-order valence-electron chi connectivity index (χ4n) is 1.42. The molecule has 0 spiro atoms. The van der Waals surface area contributed by atoms with Gasteiger partial charge in [-0.2, -0.15) is 11.8 Å². The van der Waals surface area contributed by atoms with E-state index in [0.29, 0.717) is 17.0 Å². The Bertz CT molecular complexity index is 438. The number of amides is 1. The van der Waals surface area contributed by atoms with Crippen LogP contribution in [0.25, 0.3) is 0 Å². The summed E-state index contributed by atoms with van der Waals surface area (Å²) < 4.78 is 0.758. The number of benzene rings is 1. The van der Waals surface area contributed by atoms with Crippen molar-refractivity contribution in [3.8, 4) is 0 Å². The normalized spacial score (nSPS) is 14.0. The van der Waals surface area contributed by atoms with E-state index in [1.165, 1.54) is 11.8 Å². The third-order valence-corrected chi connectivity index (χ3v) is 3.98. The van der Waals surface area contributed by atoms with Crippen LogP contribution in [0.4, 0.5) is 5.69 Å². The molecule has 1 aromatic carbocycles. The molecule has 0 aliphatic heterocycles. The van der Waals surface area contributed by atoms with Gasteiger partial charge in [0, 0.05) is 28.0 Å². The molecule has 0 aliphatic rings. The lowest BCUT2D eigenvalue weighted by Gasteiger charge is -2.22. The zero-order chi connectivity index (χ0) is 13.8. The monoisotopic (exact) mass is 332 g/mol. The summed E-state index contributed by atoms with van der Waals surface area (Å²) in [4.78, 5) is 11.9. The molecule has 100 valence electrons. The van der Waals surface area contributed by atoms with Crippen molar-refractivity contribution in [1.29, 1.82) is 0 Å². The van der Waals surface area contributed by atoms with Crippen molar-refractivity contribution in [1.82, 2.24) is 5.32 Å². The predicted octanol–water partition coefficient (Wildman–Crippen LogP) is 1.88. The van der Waals surface area contributed by atoms with E-state index in [2.05, 4.69) is 21.2 Å². The van der Waals surface area contributed by atoms with Gasteiger partial charge in [-0.1, -0.05) is 0 Å². The standard InChI is InChI=1S/C12H17BrN2O2S/c1-12(17,7-18-2)6-15-11(16)8-3-4-9(13)10(14)5-8/h3-5,17H,6-7,14H2,1-2H3,(H,15,16). The van der Waals surface area contributed by atoms with E-state index < -0.39 is 5.60 Å². The van der Waals surface area contributed by atoms with E-state index in [9.17, 15) is 9.90 Å². The van der Waals surface area contributed by atoms with Gasteiger partial charge in [-0.3, -0.25) is 4.79 Å². The Morgan fingerprint density at radius 3 is 2.83 bits per heavy atom. The molecule has 0 saturated heterocycles. The summed E-state index contributed by atoms with van der Waals surface area (Å²) in [5, 5.41) is 12.6. The molecule has 0 aliphatic carbocycles. The smallest absolute Gasteiger partial charge is 0.251 e. The number of carbonyl (C=O) groups is 1. The number of carbonyl (C=O) groups excluding carboxylic acids is 1. The molecule has 1 aromatic rings. The van der Waals surface area contributed by atoms with Crippen molar-refractivity contribution in [3.05, 3.63) is 28.2 Å². The van der Waals surface area contributed by atoms with Gasteiger partial charge in [0.05, 0.1) is 5.60 Å². The first-order valence-electron chi connectivity index (χ1n) is 5.40. The molecule has 0 bridgehead atoms. The van der Waals surface area contributed by atoms with E-state index in [1.807, 2.05) is 6.26 Å². The van der Waals surface area contributed by atoms with Crippen LogP contribution in [0.15, 0.2) is 22.7 Å². The minimum absolute atomic E-state index is 0.211. The fraction of sp³-hybridized carbons (Fsp3) is 0.417. The first kappa shape index (κ1) is 15.3. The molecule has 1 rings (SSSR count). The summed E-state index contributed by atoms with van der Waals surface area (Å²) in [6.45, 7) is 1.91. The van der Waals surface area contributed by atoms with Crippen LogP contribution in [0.3, 0.4) is 0 Å². The zero-order valence-corrected chi connectivity index (χ0v) is 12.8. The molecule has 0 radical (unpaired) electrons. The fourth-order valence-corrected chi connectivity index (χ4v) is 2.39. The van der Waals surface area contributed by atoms with E-state index in [4.69, 9.17) is 5.73 Å². The van der Waals surface area contributed by atoms with Crippen molar-refractivity contribution in [2.75, 3.05) is 24.3 Å². The number of thioether (sulfide) groups is 1. The van der Waals surface area contributed by atoms with E-state index >= 15 is 0 Å². The van der Waals surface area contributed by atoms with Gasteiger partial charge in [-0.25, -0.2) is 0 Å². The summed E-state index contributed by atoms with van der Waals surface area (Å²) in [6.07, 6.45) is 1.91. The van der Waals surface area contributed by atoms with E-state index in [-0.39, 0.29) is 12.5 Å². The first-order chi connectivity index (χ1) is 8.35. The molecule has 0 aromatic heterocycles. The number of nitrogen functional groups attached to an aromatic ring is 1.